The Morgan fingerprint density at radius 2 is 1.90 bits per heavy atom. The summed E-state index contributed by atoms with van der Waals surface area (Å²) < 4.78 is 51.3. The van der Waals surface area contributed by atoms with Gasteiger partial charge in [-0.05, 0) is 38.0 Å². The first-order chi connectivity index (χ1) is 14.2. The van der Waals surface area contributed by atoms with Gasteiger partial charge in [0.2, 0.25) is 5.88 Å². The highest BCUT2D eigenvalue weighted by atomic mass is 19.4. The summed E-state index contributed by atoms with van der Waals surface area (Å²) in [4.78, 5) is 11.9. The predicted molar refractivity (Wildman–Crippen MR) is 102 cm³/mol. The third-order valence-electron chi connectivity index (χ3n) is 4.84. The fourth-order valence-electron chi connectivity index (χ4n) is 3.24. The van der Waals surface area contributed by atoms with E-state index in [9.17, 15) is 18.0 Å². The highest BCUT2D eigenvalue weighted by Crippen LogP contribution is 2.32. The van der Waals surface area contributed by atoms with Crippen molar-refractivity contribution < 1.29 is 22.3 Å². The van der Waals surface area contributed by atoms with Gasteiger partial charge in [0.1, 0.15) is 11.3 Å². The number of aryl methyl sites for hydroxylation is 2. The van der Waals surface area contributed by atoms with Gasteiger partial charge in [0.25, 0.3) is 5.82 Å². The van der Waals surface area contributed by atoms with E-state index in [-0.39, 0.29) is 17.3 Å². The summed E-state index contributed by atoms with van der Waals surface area (Å²) in [5.41, 5.74) is 1.70. The van der Waals surface area contributed by atoms with Crippen molar-refractivity contribution in [1.29, 1.82) is 0 Å². The van der Waals surface area contributed by atoms with Crippen molar-refractivity contribution >= 4 is 16.6 Å². The van der Waals surface area contributed by atoms with Crippen LogP contribution in [0.5, 0.6) is 11.6 Å². The van der Waals surface area contributed by atoms with Gasteiger partial charge in [-0.1, -0.05) is 13.3 Å². The summed E-state index contributed by atoms with van der Waals surface area (Å²) in [5.74, 6) is -0.994. The molecule has 0 radical (unpaired) electrons. The molecule has 0 fully saturated rings. The van der Waals surface area contributed by atoms with Crippen molar-refractivity contribution in [2.24, 2.45) is 0 Å². The molecule has 0 aliphatic heterocycles. The first kappa shape index (κ1) is 19.9. The van der Waals surface area contributed by atoms with E-state index < -0.39 is 17.6 Å². The van der Waals surface area contributed by atoms with Crippen LogP contribution in [0.2, 0.25) is 0 Å². The standard InChI is InChI=1S/C20H17F3N4O3/c1-4-5-12-8-16(28)30-15-9-13(6-7-14(12)15)29-18-11(3)10(2)17-24-25-19(20(21,22)23)27(17)26-18/h6-9H,4-5H2,1-3H3. The minimum absolute atomic E-state index is 0.000825. The molecule has 0 saturated heterocycles. The third kappa shape index (κ3) is 3.38. The minimum atomic E-state index is -4.71. The van der Waals surface area contributed by atoms with E-state index >= 15 is 0 Å². The fourth-order valence-corrected chi connectivity index (χ4v) is 3.24. The van der Waals surface area contributed by atoms with Gasteiger partial charge in [0.05, 0.1) is 0 Å². The number of hydrogen-bond acceptors (Lipinski definition) is 6. The van der Waals surface area contributed by atoms with Gasteiger partial charge in [-0.3, -0.25) is 0 Å². The molecule has 0 unspecified atom stereocenters. The average Bonchev–Trinajstić information content (AvgIpc) is 3.10. The van der Waals surface area contributed by atoms with Crippen molar-refractivity contribution in [1.82, 2.24) is 19.8 Å². The van der Waals surface area contributed by atoms with E-state index in [1.165, 1.54) is 12.1 Å². The zero-order valence-corrected chi connectivity index (χ0v) is 16.4. The molecule has 156 valence electrons. The van der Waals surface area contributed by atoms with Crippen LogP contribution in [0.3, 0.4) is 0 Å². The zero-order valence-electron chi connectivity index (χ0n) is 16.4. The third-order valence-corrected chi connectivity index (χ3v) is 4.84. The van der Waals surface area contributed by atoms with E-state index in [0.717, 1.165) is 17.4 Å². The molecule has 0 atom stereocenters. The number of hydrogen-bond donors (Lipinski definition) is 0. The van der Waals surface area contributed by atoms with E-state index in [2.05, 4.69) is 15.3 Å². The molecule has 7 nitrogen and oxygen atoms in total. The minimum Gasteiger partial charge on any atom is -0.437 e. The maximum Gasteiger partial charge on any atom is 0.453 e. The van der Waals surface area contributed by atoms with Crippen molar-refractivity contribution in [3.05, 3.63) is 57.2 Å². The monoisotopic (exact) mass is 418 g/mol. The van der Waals surface area contributed by atoms with Crippen LogP contribution >= 0.6 is 0 Å². The Kier molecular flexibility index (Phi) is 4.71. The van der Waals surface area contributed by atoms with Crippen LogP contribution in [0.15, 0.2) is 33.5 Å². The van der Waals surface area contributed by atoms with Crippen molar-refractivity contribution in [3.8, 4) is 11.6 Å². The summed E-state index contributed by atoms with van der Waals surface area (Å²) in [6.45, 7) is 5.29. The number of rotatable bonds is 4. The van der Waals surface area contributed by atoms with Crippen LogP contribution in [0.4, 0.5) is 13.2 Å². The molecule has 4 aromatic rings. The van der Waals surface area contributed by atoms with Gasteiger partial charge in [0.15, 0.2) is 5.65 Å². The van der Waals surface area contributed by atoms with Crippen molar-refractivity contribution in [3.63, 3.8) is 0 Å². The van der Waals surface area contributed by atoms with E-state index in [4.69, 9.17) is 9.15 Å². The fraction of sp³-hybridized carbons (Fsp3) is 0.300. The van der Waals surface area contributed by atoms with E-state index in [1.807, 2.05) is 6.92 Å². The highest BCUT2D eigenvalue weighted by Gasteiger charge is 2.38. The second-order valence-corrected chi connectivity index (χ2v) is 6.91. The number of aromatic nitrogens is 4. The van der Waals surface area contributed by atoms with Gasteiger partial charge >= 0.3 is 11.8 Å². The predicted octanol–water partition coefficient (Wildman–Crippen LogP) is 4.61. The van der Waals surface area contributed by atoms with Crippen LogP contribution in [0.25, 0.3) is 16.6 Å². The Morgan fingerprint density at radius 1 is 1.13 bits per heavy atom. The smallest absolute Gasteiger partial charge is 0.437 e. The molecule has 4 rings (SSSR count). The topological polar surface area (TPSA) is 82.5 Å². The maximum atomic E-state index is 13.2. The van der Waals surface area contributed by atoms with Crippen molar-refractivity contribution in [2.45, 2.75) is 39.8 Å². The Balaban J connectivity index is 1.81. The molecule has 0 aliphatic carbocycles. The normalized spacial score (nSPS) is 12.1. The SMILES string of the molecule is CCCc1cc(=O)oc2cc(Oc3nn4c(C(F)(F)F)nnc4c(C)c3C)ccc12. The molecule has 3 aromatic heterocycles. The molecule has 3 heterocycles. The first-order valence-electron chi connectivity index (χ1n) is 9.23. The molecule has 0 amide bonds. The van der Waals surface area contributed by atoms with Gasteiger partial charge in [0, 0.05) is 28.6 Å². The Hall–Kier alpha value is -3.43. The van der Waals surface area contributed by atoms with Crippen LogP contribution < -0.4 is 10.4 Å². The molecule has 1 aromatic carbocycles. The van der Waals surface area contributed by atoms with Crippen molar-refractivity contribution in [2.75, 3.05) is 0 Å². The lowest BCUT2D eigenvalue weighted by molar-refractivity contribution is -0.146. The summed E-state index contributed by atoms with van der Waals surface area (Å²) in [7, 11) is 0. The number of alkyl halides is 3. The quantitative estimate of drug-likeness (QED) is 0.450. The van der Waals surface area contributed by atoms with Crippen LogP contribution in [-0.4, -0.2) is 19.8 Å². The molecule has 0 saturated carbocycles. The molecule has 0 bridgehead atoms. The van der Waals surface area contributed by atoms with Gasteiger partial charge in [-0.25, -0.2) is 4.79 Å². The second kappa shape index (κ2) is 7.12. The Labute approximate surface area is 168 Å². The summed E-state index contributed by atoms with van der Waals surface area (Å²) in [6, 6.07) is 6.38. The van der Waals surface area contributed by atoms with Gasteiger partial charge in [-0.15, -0.1) is 15.3 Å². The highest BCUT2D eigenvalue weighted by molar-refractivity contribution is 5.81. The molecule has 10 heteroatoms. The second-order valence-electron chi connectivity index (χ2n) is 6.91. The number of benzene rings is 1. The lowest BCUT2D eigenvalue weighted by atomic mass is 10.1. The molecular formula is C20H17F3N4O3. The lowest BCUT2D eigenvalue weighted by Gasteiger charge is -2.12. The number of halogens is 3. The van der Waals surface area contributed by atoms with Gasteiger partial charge in [-0.2, -0.15) is 17.7 Å². The van der Waals surface area contributed by atoms with E-state index in [1.54, 1.807) is 26.0 Å². The Morgan fingerprint density at radius 3 is 2.60 bits per heavy atom. The molecule has 0 aliphatic rings. The summed E-state index contributed by atoms with van der Waals surface area (Å²) in [6.07, 6.45) is -3.14. The average molecular weight is 418 g/mol. The van der Waals surface area contributed by atoms with Gasteiger partial charge < -0.3 is 9.15 Å². The van der Waals surface area contributed by atoms with Crippen LogP contribution in [0, 0.1) is 13.8 Å². The first-order valence-corrected chi connectivity index (χ1v) is 9.23. The zero-order chi connectivity index (χ0) is 21.6. The molecule has 0 spiro atoms. The summed E-state index contributed by atoms with van der Waals surface area (Å²) >= 11 is 0. The summed E-state index contributed by atoms with van der Waals surface area (Å²) in [5, 5.41) is 11.5. The van der Waals surface area contributed by atoms with Crippen LogP contribution in [0.1, 0.15) is 35.9 Å². The number of nitrogens with zero attached hydrogens (tertiary/aromatic N) is 4. The maximum absolute atomic E-state index is 13.2. The number of ether oxygens (including phenoxy) is 1. The largest absolute Gasteiger partial charge is 0.453 e. The molecule has 0 N–H and O–H groups in total. The van der Waals surface area contributed by atoms with E-state index in [0.29, 0.717) is 27.6 Å². The lowest BCUT2D eigenvalue weighted by Crippen LogP contribution is -2.13. The molecular weight excluding hydrogens is 401 g/mol. The Bertz CT molecular complexity index is 1330. The number of fused-ring (bicyclic) bond motifs is 2. The van der Waals surface area contributed by atoms with Crippen LogP contribution in [-0.2, 0) is 12.6 Å². The molecule has 30 heavy (non-hydrogen) atoms.